The van der Waals surface area contributed by atoms with Crippen LogP contribution < -0.4 is 0 Å². The molecule has 1 spiro atoms. The molecule has 0 amide bonds. The molecular weight excluding hydrogens is 589 g/mol. The second kappa shape index (κ2) is 9.89. The summed E-state index contributed by atoms with van der Waals surface area (Å²) in [5.74, 6) is 0. The molecule has 0 unspecified atom stereocenters. The van der Waals surface area contributed by atoms with Crippen LogP contribution in [0.3, 0.4) is 0 Å². The standard InChI is InChI=1S/C49H30/c1-2-15-33(32(14-1)31-28-29-38-36-18-4-3-16-34(36)35-17-5-6-19-37(35)44(38)30-31)42-23-13-24-43-41-22-9-12-27-47(41)49(48(42)43)45-25-10-7-20-39(45)40-21-8-11-26-46(40)49/h1-30H/i1D,2D,3D,4D,5D,6D,7D,8D,9D,10D,11D,12D,13D,14D,15D,16D,17D,18D,19D,20D,21D,22D,23D,24D,25D,26D,27D,28D,29D,30D. The largest absolute Gasteiger partial charge is 0.0731 e. The molecule has 0 saturated heterocycles. The molecule has 0 nitrogen and oxygen atoms in total. The lowest BCUT2D eigenvalue weighted by molar-refractivity contribution is 0.796. The van der Waals surface area contributed by atoms with Gasteiger partial charge in [-0.3, -0.25) is 0 Å². The maximum atomic E-state index is 10.1. The average Bonchev–Trinajstić information content (AvgIpc) is 1.71. The van der Waals surface area contributed by atoms with Gasteiger partial charge in [-0.05, 0) is 105 Å². The Morgan fingerprint density at radius 1 is 0.286 bits per heavy atom. The molecule has 0 fully saturated rings. The van der Waals surface area contributed by atoms with Gasteiger partial charge in [0.1, 0.15) is 0 Å². The van der Waals surface area contributed by atoms with Crippen molar-refractivity contribution >= 4 is 32.3 Å². The third-order valence-corrected chi connectivity index (χ3v) is 9.06. The third-order valence-electron chi connectivity index (χ3n) is 9.06. The minimum absolute atomic E-state index is 0.525. The van der Waals surface area contributed by atoms with E-state index in [2.05, 4.69) is 0 Å². The molecule has 0 heterocycles. The topological polar surface area (TPSA) is 0 Å². The highest BCUT2D eigenvalue weighted by molar-refractivity contribution is 6.25. The predicted molar refractivity (Wildman–Crippen MR) is 206 cm³/mol. The van der Waals surface area contributed by atoms with Crippen LogP contribution in [0.2, 0.25) is 0 Å². The average molecular weight is 649 g/mol. The monoisotopic (exact) mass is 648 g/mol. The van der Waals surface area contributed by atoms with Gasteiger partial charge in [0, 0.05) is 0 Å². The van der Waals surface area contributed by atoms with Crippen LogP contribution in [0.15, 0.2) is 181 Å². The minimum Gasteiger partial charge on any atom is -0.0619 e. The summed E-state index contributed by atoms with van der Waals surface area (Å²) in [5, 5.41) is -3.62. The van der Waals surface area contributed by atoms with Gasteiger partial charge < -0.3 is 0 Å². The van der Waals surface area contributed by atoms with Crippen LogP contribution in [-0.2, 0) is 5.41 Å². The van der Waals surface area contributed by atoms with E-state index in [0.717, 1.165) is 0 Å². The molecule has 0 bridgehead atoms. The van der Waals surface area contributed by atoms with Crippen molar-refractivity contribution < 1.29 is 41.1 Å². The Hall–Kier alpha value is -6.24. The Kier molecular flexibility index (Phi) is 2.20. The maximum Gasteiger partial charge on any atom is 0.0731 e. The van der Waals surface area contributed by atoms with E-state index in [0.29, 0.717) is 0 Å². The normalized spacial score (nSPS) is 22.0. The van der Waals surface area contributed by atoms with Crippen molar-refractivity contribution in [2.24, 2.45) is 0 Å². The summed E-state index contributed by atoms with van der Waals surface area (Å²) in [5.41, 5.74) is -12.5. The Morgan fingerprint density at radius 3 is 1.20 bits per heavy atom. The van der Waals surface area contributed by atoms with Crippen LogP contribution in [0.4, 0.5) is 0 Å². The second-order valence-corrected chi connectivity index (χ2v) is 11.2. The fraction of sp³-hybridized carbons (Fsp3) is 0.0204. The van der Waals surface area contributed by atoms with E-state index in [1.807, 2.05) is 0 Å². The first-order valence-electron chi connectivity index (χ1n) is 29.8. The fourth-order valence-corrected chi connectivity index (χ4v) is 7.22. The van der Waals surface area contributed by atoms with E-state index in [-0.39, 0.29) is 0 Å². The zero-order valence-electron chi connectivity index (χ0n) is 54.5. The molecule has 9 aromatic rings. The van der Waals surface area contributed by atoms with Crippen molar-refractivity contribution in [3.8, 4) is 44.5 Å². The van der Waals surface area contributed by atoms with Gasteiger partial charge in [-0.1, -0.05) is 175 Å². The number of fused-ring (bicyclic) bond motifs is 16. The van der Waals surface area contributed by atoms with Gasteiger partial charge in [0.15, 0.2) is 0 Å². The SMILES string of the molecule is [2H]c1c([2H])c([2H])c(-c2c([2H])c([2H])c3c4c([2H])c([2H])c([2H])c([2H])c4c4c([2H])c([2H])c([2H])c([2H])c4c3c2[2H])c(-c2c([2H])c([2H])c([2H])c3c2C2(c4c([2H])c([2H])c([2H])c([2H])c4-c4c([2H])c([2H])c([2H])c([2H])c42)c2c([2H])c([2H])c([2H])c([2H])c2-3)c1[2H]. The number of hydrogen-bond donors (Lipinski definition) is 0. The van der Waals surface area contributed by atoms with Gasteiger partial charge >= 0.3 is 0 Å². The van der Waals surface area contributed by atoms with E-state index in [1.165, 1.54) is 0 Å². The highest BCUT2D eigenvalue weighted by atomic mass is 14.5. The number of rotatable bonds is 2. The highest BCUT2D eigenvalue weighted by Crippen LogP contribution is 2.64. The maximum absolute atomic E-state index is 10.1. The summed E-state index contributed by atoms with van der Waals surface area (Å²) in [6.45, 7) is 0. The molecule has 2 aliphatic rings. The molecule has 226 valence electrons. The first-order valence-corrected chi connectivity index (χ1v) is 14.8. The highest BCUT2D eigenvalue weighted by Gasteiger charge is 2.52. The van der Waals surface area contributed by atoms with Gasteiger partial charge in [0.05, 0.1) is 46.5 Å². The van der Waals surface area contributed by atoms with E-state index < -0.39 is 286 Å². The third kappa shape index (κ3) is 3.43. The molecule has 0 aliphatic heterocycles. The van der Waals surface area contributed by atoms with Crippen LogP contribution in [-0.4, -0.2) is 0 Å². The van der Waals surface area contributed by atoms with Crippen molar-refractivity contribution in [1.29, 1.82) is 0 Å². The Labute approximate surface area is 327 Å². The molecule has 2 aliphatic carbocycles. The quantitative estimate of drug-likeness (QED) is 0.164. The van der Waals surface area contributed by atoms with Crippen LogP contribution in [0.1, 0.15) is 63.4 Å². The van der Waals surface area contributed by atoms with Gasteiger partial charge in [0.2, 0.25) is 0 Å². The summed E-state index contributed by atoms with van der Waals surface area (Å²) < 4.78 is 277. The minimum atomic E-state index is -2.99. The molecule has 0 N–H and O–H groups in total. The van der Waals surface area contributed by atoms with E-state index in [9.17, 15) is 20.6 Å². The van der Waals surface area contributed by atoms with Crippen molar-refractivity contribution in [2.75, 3.05) is 0 Å². The lowest BCUT2D eigenvalue weighted by Crippen LogP contribution is -2.26. The predicted octanol–water partition coefficient (Wildman–Crippen LogP) is 12.8. The summed E-state index contributed by atoms with van der Waals surface area (Å²) in [7, 11) is 0. The van der Waals surface area contributed by atoms with Gasteiger partial charge in [-0.25, -0.2) is 0 Å². The summed E-state index contributed by atoms with van der Waals surface area (Å²) in [6, 6.07) is -29.8. The van der Waals surface area contributed by atoms with Gasteiger partial charge in [-0.2, -0.15) is 0 Å². The molecule has 0 atom stereocenters. The Bertz CT molecular complexity index is 4390. The van der Waals surface area contributed by atoms with Crippen LogP contribution in [0.5, 0.6) is 0 Å². The van der Waals surface area contributed by atoms with Crippen molar-refractivity contribution in [3.63, 3.8) is 0 Å². The molecule has 49 heavy (non-hydrogen) atoms. The summed E-state index contributed by atoms with van der Waals surface area (Å²) >= 11 is 0. The van der Waals surface area contributed by atoms with E-state index in [1.54, 1.807) is 0 Å². The molecular formula is C49H30. The van der Waals surface area contributed by atoms with Crippen LogP contribution in [0, 0.1) is 0 Å². The first-order chi connectivity index (χ1) is 36.8. The smallest absolute Gasteiger partial charge is 0.0619 e. The van der Waals surface area contributed by atoms with Crippen LogP contribution >= 0.6 is 0 Å². The van der Waals surface area contributed by atoms with E-state index >= 15 is 0 Å². The lowest BCUT2D eigenvalue weighted by atomic mass is 9.68. The molecule has 0 radical (unpaired) electrons. The molecule has 9 aromatic carbocycles. The van der Waals surface area contributed by atoms with E-state index in [4.69, 9.17) is 20.6 Å². The molecule has 0 heteroatoms. The number of hydrogen-bond acceptors (Lipinski definition) is 0. The first kappa shape index (κ1) is 10.9. The summed E-state index contributed by atoms with van der Waals surface area (Å²) in [4.78, 5) is 0. The van der Waals surface area contributed by atoms with Crippen molar-refractivity contribution in [3.05, 3.63) is 204 Å². The molecule has 11 rings (SSSR count). The number of benzene rings is 9. The zero-order valence-corrected chi connectivity index (χ0v) is 24.5. The fourth-order valence-electron chi connectivity index (χ4n) is 7.22. The Balaban J connectivity index is 1.48. The molecule has 0 saturated carbocycles. The summed E-state index contributed by atoms with van der Waals surface area (Å²) in [6.07, 6.45) is 0. The zero-order chi connectivity index (χ0) is 58.2. The van der Waals surface area contributed by atoms with Gasteiger partial charge in [-0.15, -0.1) is 0 Å². The Morgan fingerprint density at radius 2 is 0.653 bits per heavy atom. The second-order valence-electron chi connectivity index (χ2n) is 11.2. The van der Waals surface area contributed by atoms with Crippen molar-refractivity contribution in [2.45, 2.75) is 5.41 Å². The lowest BCUT2D eigenvalue weighted by Gasteiger charge is -2.32. The molecule has 0 aromatic heterocycles. The van der Waals surface area contributed by atoms with Crippen LogP contribution in [0.25, 0.3) is 76.8 Å². The van der Waals surface area contributed by atoms with Gasteiger partial charge in [0.25, 0.3) is 0 Å². The van der Waals surface area contributed by atoms with Crippen molar-refractivity contribution in [1.82, 2.24) is 0 Å².